The minimum absolute atomic E-state index is 0.0853. The molecule has 1 unspecified atom stereocenters. The second kappa shape index (κ2) is 50.0. The molecule has 0 aromatic carbocycles. The molecule has 0 radical (unpaired) electrons. The van der Waals surface area contributed by atoms with Crippen molar-refractivity contribution in [1.29, 1.82) is 0 Å². The standard InChI is InChI=1S/C55H98O6/c1-4-7-10-13-16-19-22-24-25-26-27-28-29-31-33-36-39-42-45-48-54(57)60-51-52(50-59-53(56)47-44-41-38-35-32-21-18-15-12-9-6-3)61-55(58)49-46-43-40-37-34-30-23-20-17-14-11-8-5-2/h8,11,15,17-18,20,30,34,52H,4-7,9-10,12-14,16,19,21-29,31-33,35-51H2,1-3H3/b11-8-,18-15-,20-17-,34-30-. The maximum absolute atomic E-state index is 12.8. The van der Waals surface area contributed by atoms with Crippen molar-refractivity contribution in [2.24, 2.45) is 0 Å². The third kappa shape index (κ3) is 48.3. The van der Waals surface area contributed by atoms with Gasteiger partial charge in [-0.15, -0.1) is 0 Å². The molecule has 6 nitrogen and oxygen atoms in total. The van der Waals surface area contributed by atoms with Crippen LogP contribution in [0.5, 0.6) is 0 Å². The largest absolute Gasteiger partial charge is 0.462 e. The maximum Gasteiger partial charge on any atom is 0.306 e. The molecule has 0 aliphatic carbocycles. The van der Waals surface area contributed by atoms with E-state index in [1.807, 2.05) is 0 Å². The zero-order chi connectivity index (χ0) is 44.4. The van der Waals surface area contributed by atoms with Crippen molar-refractivity contribution in [2.45, 2.75) is 271 Å². The molecular formula is C55H98O6. The molecule has 0 rings (SSSR count). The Balaban J connectivity index is 4.32. The summed E-state index contributed by atoms with van der Waals surface area (Å²) in [6.07, 6.45) is 59.6. The molecule has 0 aliphatic rings. The predicted octanol–water partition coefficient (Wildman–Crippen LogP) is 17.1. The fraction of sp³-hybridized carbons (Fsp3) is 0.800. The van der Waals surface area contributed by atoms with Crippen LogP contribution in [0.4, 0.5) is 0 Å². The topological polar surface area (TPSA) is 78.9 Å². The molecule has 0 bridgehead atoms. The van der Waals surface area contributed by atoms with E-state index in [4.69, 9.17) is 14.2 Å². The lowest BCUT2D eigenvalue weighted by Gasteiger charge is -2.18. The Morgan fingerprint density at radius 2 is 0.656 bits per heavy atom. The third-order valence-corrected chi connectivity index (χ3v) is 11.3. The lowest BCUT2D eigenvalue weighted by molar-refractivity contribution is -0.167. The first-order valence-corrected chi connectivity index (χ1v) is 26.1. The molecule has 0 aromatic rings. The van der Waals surface area contributed by atoms with Crippen LogP contribution in [-0.2, 0) is 28.6 Å². The van der Waals surface area contributed by atoms with Crippen LogP contribution in [-0.4, -0.2) is 37.2 Å². The van der Waals surface area contributed by atoms with Crippen LogP contribution in [0.15, 0.2) is 48.6 Å². The summed E-state index contributed by atoms with van der Waals surface area (Å²) >= 11 is 0. The zero-order valence-electron chi connectivity index (χ0n) is 40.4. The van der Waals surface area contributed by atoms with E-state index in [0.717, 1.165) is 89.9 Å². The van der Waals surface area contributed by atoms with E-state index in [-0.39, 0.29) is 31.1 Å². The Kier molecular flexibility index (Phi) is 47.9. The highest BCUT2D eigenvalue weighted by Gasteiger charge is 2.19. The van der Waals surface area contributed by atoms with Gasteiger partial charge in [0.2, 0.25) is 0 Å². The van der Waals surface area contributed by atoms with E-state index in [1.54, 1.807) is 0 Å². The summed E-state index contributed by atoms with van der Waals surface area (Å²) in [6, 6.07) is 0. The molecule has 0 N–H and O–H groups in total. The van der Waals surface area contributed by atoms with Crippen molar-refractivity contribution in [3.05, 3.63) is 48.6 Å². The number of carbonyl (C=O) groups is 3. The Bertz CT molecular complexity index is 1070. The van der Waals surface area contributed by atoms with Gasteiger partial charge in [-0.25, -0.2) is 0 Å². The highest BCUT2D eigenvalue weighted by atomic mass is 16.6. The summed E-state index contributed by atoms with van der Waals surface area (Å²) < 4.78 is 16.8. The fourth-order valence-electron chi connectivity index (χ4n) is 7.38. The van der Waals surface area contributed by atoms with Crippen LogP contribution < -0.4 is 0 Å². The third-order valence-electron chi connectivity index (χ3n) is 11.3. The molecule has 0 fully saturated rings. The van der Waals surface area contributed by atoms with Crippen molar-refractivity contribution in [3.8, 4) is 0 Å². The van der Waals surface area contributed by atoms with Gasteiger partial charge in [-0.2, -0.15) is 0 Å². The highest BCUT2D eigenvalue weighted by Crippen LogP contribution is 2.16. The number of carbonyl (C=O) groups excluding carboxylic acids is 3. The van der Waals surface area contributed by atoms with Gasteiger partial charge in [0.1, 0.15) is 13.2 Å². The van der Waals surface area contributed by atoms with E-state index < -0.39 is 6.10 Å². The van der Waals surface area contributed by atoms with E-state index in [9.17, 15) is 14.4 Å². The fourth-order valence-corrected chi connectivity index (χ4v) is 7.38. The lowest BCUT2D eigenvalue weighted by atomic mass is 10.0. The van der Waals surface area contributed by atoms with Crippen LogP contribution in [0.1, 0.15) is 265 Å². The minimum Gasteiger partial charge on any atom is -0.462 e. The summed E-state index contributed by atoms with van der Waals surface area (Å²) in [5, 5.41) is 0. The van der Waals surface area contributed by atoms with Crippen LogP contribution in [0.25, 0.3) is 0 Å². The first kappa shape index (κ1) is 58.4. The monoisotopic (exact) mass is 855 g/mol. The molecule has 6 heteroatoms. The summed E-state index contributed by atoms with van der Waals surface area (Å²) in [5.41, 5.74) is 0. The molecule has 0 saturated carbocycles. The number of unbranched alkanes of at least 4 members (excludes halogenated alkanes) is 28. The normalized spacial score (nSPS) is 12.4. The molecule has 354 valence electrons. The van der Waals surface area contributed by atoms with Crippen molar-refractivity contribution in [2.75, 3.05) is 13.2 Å². The van der Waals surface area contributed by atoms with Crippen molar-refractivity contribution >= 4 is 17.9 Å². The van der Waals surface area contributed by atoms with Crippen LogP contribution in [0.3, 0.4) is 0 Å². The Morgan fingerprint density at radius 1 is 0.344 bits per heavy atom. The number of allylic oxidation sites excluding steroid dienone is 8. The van der Waals surface area contributed by atoms with Gasteiger partial charge in [-0.3, -0.25) is 14.4 Å². The van der Waals surface area contributed by atoms with E-state index in [0.29, 0.717) is 19.3 Å². The van der Waals surface area contributed by atoms with Gasteiger partial charge in [0.25, 0.3) is 0 Å². The second-order valence-electron chi connectivity index (χ2n) is 17.4. The molecule has 0 aromatic heterocycles. The molecular weight excluding hydrogens is 757 g/mol. The van der Waals surface area contributed by atoms with Gasteiger partial charge in [-0.1, -0.05) is 223 Å². The summed E-state index contributed by atoms with van der Waals surface area (Å²) in [6.45, 7) is 6.47. The van der Waals surface area contributed by atoms with Gasteiger partial charge >= 0.3 is 17.9 Å². The minimum atomic E-state index is -0.788. The number of hydrogen-bond donors (Lipinski definition) is 0. The van der Waals surface area contributed by atoms with Gasteiger partial charge in [-0.05, 0) is 70.6 Å². The molecule has 1 atom stereocenters. The van der Waals surface area contributed by atoms with E-state index in [1.165, 1.54) is 135 Å². The first-order valence-electron chi connectivity index (χ1n) is 26.1. The van der Waals surface area contributed by atoms with E-state index in [2.05, 4.69) is 69.4 Å². The van der Waals surface area contributed by atoms with Gasteiger partial charge < -0.3 is 14.2 Å². The van der Waals surface area contributed by atoms with Gasteiger partial charge in [0.15, 0.2) is 6.10 Å². The van der Waals surface area contributed by atoms with Crippen LogP contribution in [0.2, 0.25) is 0 Å². The zero-order valence-corrected chi connectivity index (χ0v) is 40.4. The van der Waals surface area contributed by atoms with Crippen molar-refractivity contribution < 1.29 is 28.6 Å². The van der Waals surface area contributed by atoms with Gasteiger partial charge in [0, 0.05) is 19.3 Å². The number of hydrogen-bond acceptors (Lipinski definition) is 6. The van der Waals surface area contributed by atoms with Crippen LogP contribution in [0, 0.1) is 0 Å². The number of esters is 3. The molecule has 61 heavy (non-hydrogen) atoms. The Labute approximate surface area is 378 Å². The maximum atomic E-state index is 12.8. The van der Waals surface area contributed by atoms with E-state index >= 15 is 0 Å². The van der Waals surface area contributed by atoms with Crippen molar-refractivity contribution in [1.82, 2.24) is 0 Å². The first-order chi connectivity index (χ1) is 30.0. The number of rotatable bonds is 47. The molecule has 0 amide bonds. The Hall–Kier alpha value is -2.63. The van der Waals surface area contributed by atoms with Crippen LogP contribution >= 0.6 is 0 Å². The van der Waals surface area contributed by atoms with Crippen molar-refractivity contribution in [3.63, 3.8) is 0 Å². The molecule has 0 saturated heterocycles. The average Bonchev–Trinajstić information content (AvgIpc) is 3.26. The smallest absolute Gasteiger partial charge is 0.306 e. The average molecular weight is 855 g/mol. The summed E-state index contributed by atoms with van der Waals surface area (Å²) in [7, 11) is 0. The SMILES string of the molecule is CC/C=C\C/C=C\C/C=C\CCCCCC(=O)OC(COC(=O)CCCCCCC/C=C\CCCC)COC(=O)CCCCCCCCCCCCCCCCCCCCC. The van der Waals surface area contributed by atoms with Gasteiger partial charge in [0.05, 0.1) is 0 Å². The summed E-state index contributed by atoms with van der Waals surface area (Å²) in [4.78, 5) is 37.9. The Morgan fingerprint density at radius 3 is 1.08 bits per heavy atom. The second-order valence-corrected chi connectivity index (χ2v) is 17.4. The lowest BCUT2D eigenvalue weighted by Crippen LogP contribution is -2.30. The highest BCUT2D eigenvalue weighted by molar-refractivity contribution is 5.71. The predicted molar refractivity (Wildman–Crippen MR) is 261 cm³/mol. The molecule has 0 heterocycles. The quantitative estimate of drug-likeness (QED) is 0.0263. The summed E-state index contributed by atoms with van der Waals surface area (Å²) in [5.74, 6) is -0.918. The molecule has 0 spiro atoms. The molecule has 0 aliphatic heterocycles. The number of ether oxygens (including phenoxy) is 3.